The molecule has 0 radical (unpaired) electrons. The van der Waals surface area contributed by atoms with Gasteiger partial charge in [0.05, 0.1) is 0 Å². The van der Waals surface area contributed by atoms with Crippen molar-refractivity contribution >= 4 is 16.0 Å². The van der Waals surface area contributed by atoms with Crippen LogP contribution in [0.15, 0.2) is 36.7 Å². The second-order valence-electron chi connectivity index (χ2n) is 5.90. The molecule has 0 atom stereocenters. The van der Waals surface area contributed by atoms with E-state index in [1.54, 1.807) is 17.1 Å². The van der Waals surface area contributed by atoms with Crippen LogP contribution < -0.4 is 4.72 Å². The predicted molar refractivity (Wildman–Crippen MR) is 88.5 cm³/mol. The van der Waals surface area contributed by atoms with Gasteiger partial charge in [0, 0.05) is 63.1 Å². The van der Waals surface area contributed by atoms with Crippen LogP contribution in [0.25, 0.3) is 0 Å². The third-order valence-corrected chi connectivity index (χ3v) is 5.50. The fourth-order valence-electron chi connectivity index (χ4n) is 2.57. The van der Waals surface area contributed by atoms with Crippen molar-refractivity contribution in [3.8, 4) is 0 Å². The smallest absolute Gasteiger partial charge is 0.270 e. The Labute approximate surface area is 144 Å². The van der Waals surface area contributed by atoms with E-state index in [-0.39, 0.29) is 18.9 Å². The molecule has 10 heteroatoms. The minimum Gasteiger partial charge on any atom is -0.270 e. The molecule has 1 saturated heterocycles. The van der Waals surface area contributed by atoms with Gasteiger partial charge in [0.15, 0.2) is 5.82 Å². The average Bonchev–Trinajstić information content (AvgIpc) is 3.00. The lowest BCUT2D eigenvalue weighted by molar-refractivity contribution is -0.0411. The van der Waals surface area contributed by atoms with Crippen molar-refractivity contribution < 1.29 is 17.2 Å². The molecule has 2 aromatic heterocycles. The van der Waals surface area contributed by atoms with Gasteiger partial charge in [-0.3, -0.25) is 14.4 Å². The second kappa shape index (κ2) is 7.04. The molecule has 0 bridgehead atoms. The Hall–Kier alpha value is -2.07. The Morgan fingerprint density at radius 2 is 1.96 bits per heavy atom. The molecule has 136 valence electrons. The fourth-order valence-corrected chi connectivity index (χ4v) is 3.73. The highest BCUT2D eigenvalue weighted by Crippen LogP contribution is 2.29. The number of halogens is 2. The number of alkyl halides is 2. The summed E-state index contributed by atoms with van der Waals surface area (Å²) in [5.74, 6) is -2.63. The normalized spacial score (nSPS) is 18.2. The molecule has 7 nitrogen and oxygen atoms in total. The monoisotopic (exact) mass is 371 g/mol. The van der Waals surface area contributed by atoms with Crippen LogP contribution >= 0.6 is 0 Å². The lowest BCUT2D eigenvalue weighted by Crippen LogP contribution is -2.45. The summed E-state index contributed by atoms with van der Waals surface area (Å²) in [4.78, 5) is 4.21. The van der Waals surface area contributed by atoms with E-state index in [1.165, 1.54) is 6.07 Å². The van der Waals surface area contributed by atoms with E-state index in [4.69, 9.17) is 0 Å². The molecule has 0 amide bonds. The second-order valence-corrected chi connectivity index (χ2v) is 7.57. The summed E-state index contributed by atoms with van der Waals surface area (Å²) in [6, 6.07) is 7.17. The Morgan fingerprint density at radius 1 is 1.20 bits per heavy atom. The number of rotatable bonds is 6. The number of aromatic nitrogens is 3. The third-order valence-electron chi connectivity index (χ3n) is 3.99. The van der Waals surface area contributed by atoms with Crippen molar-refractivity contribution in [3.63, 3.8) is 0 Å². The van der Waals surface area contributed by atoms with E-state index >= 15 is 0 Å². The van der Waals surface area contributed by atoms with Gasteiger partial charge in [0.1, 0.15) is 0 Å². The van der Waals surface area contributed by atoms with Gasteiger partial charge in [0.2, 0.25) is 0 Å². The third kappa shape index (κ3) is 4.73. The quantitative estimate of drug-likeness (QED) is 0.841. The summed E-state index contributed by atoms with van der Waals surface area (Å²) in [5, 5.41) is 4.16. The van der Waals surface area contributed by atoms with Gasteiger partial charge >= 0.3 is 10.2 Å². The molecule has 0 saturated carbocycles. The first kappa shape index (κ1) is 17.7. The first-order valence-corrected chi connectivity index (χ1v) is 9.37. The van der Waals surface area contributed by atoms with Gasteiger partial charge in [-0.15, -0.1) is 0 Å². The van der Waals surface area contributed by atoms with Gasteiger partial charge in [-0.1, -0.05) is 6.07 Å². The van der Waals surface area contributed by atoms with Crippen LogP contribution in [0, 0.1) is 0 Å². The van der Waals surface area contributed by atoms with Crippen LogP contribution in [0.3, 0.4) is 0 Å². The molecular weight excluding hydrogens is 352 g/mol. The number of hydrogen-bond donors (Lipinski definition) is 1. The Kier molecular flexibility index (Phi) is 5.00. The van der Waals surface area contributed by atoms with Crippen LogP contribution in [-0.2, 0) is 23.2 Å². The lowest BCUT2D eigenvalue weighted by Gasteiger charge is -2.30. The van der Waals surface area contributed by atoms with E-state index in [2.05, 4.69) is 14.8 Å². The van der Waals surface area contributed by atoms with Crippen LogP contribution in [0.5, 0.6) is 0 Å². The molecule has 0 unspecified atom stereocenters. The van der Waals surface area contributed by atoms with Gasteiger partial charge in [-0.2, -0.15) is 17.8 Å². The molecule has 25 heavy (non-hydrogen) atoms. The Balaban J connectivity index is 1.57. The summed E-state index contributed by atoms with van der Waals surface area (Å²) >= 11 is 0. The topological polar surface area (TPSA) is 80.1 Å². The van der Waals surface area contributed by atoms with E-state index < -0.39 is 29.0 Å². The molecule has 0 spiro atoms. The number of pyridine rings is 1. The molecule has 3 heterocycles. The Morgan fingerprint density at radius 3 is 2.64 bits per heavy atom. The lowest BCUT2D eigenvalue weighted by atomic mass is 10.1. The number of aryl methyl sites for hydroxylation is 2. The van der Waals surface area contributed by atoms with E-state index in [0.29, 0.717) is 13.0 Å². The van der Waals surface area contributed by atoms with E-state index in [1.807, 2.05) is 18.2 Å². The largest absolute Gasteiger partial charge is 0.302 e. The molecule has 0 aromatic carbocycles. The molecule has 1 aliphatic rings. The van der Waals surface area contributed by atoms with Crippen LogP contribution in [0.1, 0.15) is 18.5 Å². The van der Waals surface area contributed by atoms with Crippen LogP contribution in [-0.4, -0.2) is 46.5 Å². The number of anilines is 1. The molecule has 1 N–H and O–H groups in total. The van der Waals surface area contributed by atoms with E-state index in [9.17, 15) is 17.2 Å². The summed E-state index contributed by atoms with van der Waals surface area (Å²) in [7, 11) is -3.88. The standard InChI is InChI=1S/C15H19F2N5O2S/c16-15(17)6-11-22(12-7-15)25(23,24)20-14-5-10-21(19-14)9-4-13-3-1-2-8-18-13/h1-3,5,8,10H,4,6-7,9,11-12H2,(H,19,20). The molecule has 0 aliphatic carbocycles. The maximum absolute atomic E-state index is 13.2. The first-order valence-electron chi connectivity index (χ1n) is 7.93. The molecule has 2 aromatic rings. The Bertz CT molecular complexity index is 800. The van der Waals surface area contributed by atoms with Crippen molar-refractivity contribution in [3.05, 3.63) is 42.4 Å². The average molecular weight is 371 g/mol. The van der Waals surface area contributed by atoms with Gasteiger partial charge < -0.3 is 0 Å². The predicted octanol–water partition coefficient (Wildman–Crippen LogP) is 1.91. The van der Waals surface area contributed by atoms with Crippen molar-refractivity contribution in [1.82, 2.24) is 19.1 Å². The highest BCUT2D eigenvalue weighted by atomic mass is 32.2. The van der Waals surface area contributed by atoms with Crippen molar-refractivity contribution in [2.75, 3.05) is 17.8 Å². The highest BCUT2D eigenvalue weighted by molar-refractivity contribution is 7.90. The molecule has 1 fully saturated rings. The SMILES string of the molecule is O=S(=O)(Nc1ccn(CCc2ccccn2)n1)N1CCC(F)(F)CC1. The van der Waals surface area contributed by atoms with E-state index in [0.717, 1.165) is 10.00 Å². The maximum Gasteiger partial charge on any atom is 0.302 e. The van der Waals surface area contributed by atoms with Crippen molar-refractivity contribution in [2.24, 2.45) is 0 Å². The summed E-state index contributed by atoms with van der Waals surface area (Å²) in [6.45, 7) is 0.139. The summed E-state index contributed by atoms with van der Waals surface area (Å²) < 4.78 is 55.8. The molecule has 3 rings (SSSR count). The zero-order valence-electron chi connectivity index (χ0n) is 13.5. The van der Waals surface area contributed by atoms with Crippen molar-refractivity contribution in [2.45, 2.75) is 31.7 Å². The summed E-state index contributed by atoms with van der Waals surface area (Å²) in [6.07, 6.45) is 3.10. The van der Waals surface area contributed by atoms with Gasteiger partial charge in [-0.05, 0) is 12.1 Å². The minimum atomic E-state index is -3.88. The first-order chi connectivity index (χ1) is 11.8. The maximum atomic E-state index is 13.2. The van der Waals surface area contributed by atoms with Crippen LogP contribution in [0.4, 0.5) is 14.6 Å². The fraction of sp³-hybridized carbons (Fsp3) is 0.467. The number of nitrogens with zero attached hydrogens (tertiary/aromatic N) is 4. The van der Waals surface area contributed by atoms with Gasteiger partial charge in [-0.25, -0.2) is 8.78 Å². The number of nitrogens with one attached hydrogen (secondary N) is 1. The minimum absolute atomic E-state index is 0.165. The van der Waals surface area contributed by atoms with Gasteiger partial charge in [0.25, 0.3) is 5.92 Å². The molecule has 1 aliphatic heterocycles. The number of hydrogen-bond acceptors (Lipinski definition) is 4. The van der Waals surface area contributed by atoms with Crippen molar-refractivity contribution in [1.29, 1.82) is 0 Å². The highest BCUT2D eigenvalue weighted by Gasteiger charge is 2.38. The zero-order valence-corrected chi connectivity index (χ0v) is 14.3. The summed E-state index contributed by atoms with van der Waals surface area (Å²) in [5.41, 5.74) is 0.911. The zero-order chi connectivity index (χ0) is 17.9. The molecular formula is C15H19F2N5O2S. The number of piperidine rings is 1. The van der Waals surface area contributed by atoms with Crippen LogP contribution in [0.2, 0.25) is 0 Å².